The van der Waals surface area contributed by atoms with Gasteiger partial charge in [0, 0.05) is 0 Å². The minimum atomic E-state index is -0.881. The van der Waals surface area contributed by atoms with Crippen LogP contribution < -0.4 is 0 Å². The van der Waals surface area contributed by atoms with E-state index < -0.39 is 11.9 Å². The van der Waals surface area contributed by atoms with Gasteiger partial charge in [-0.1, -0.05) is 0 Å². The van der Waals surface area contributed by atoms with Gasteiger partial charge < -0.3 is 34.6 Å². The number of carboxylic acids is 2. The van der Waals surface area contributed by atoms with E-state index in [-0.39, 0.29) is 23.9 Å². The molecule has 0 bridgehead atoms. The van der Waals surface area contributed by atoms with Gasteiger partial charge in [-0.15, -0.1) is 0 Å². The van der Waals surface area contributed by atoms with E-state index in [4.69, 9.17) is 34.6 Å². The molecule has 2 atom stereocenters. The lowest BCUT2D eigenvalue weighted by atomic mass is 10.5. The summed E-state index contributed by atoms with van der Waals surface area (Å²) in [5, 5.41) is 31.6. The van der Waals surface area contributed by atoms with Crippen LogP contribution in [0, 0.1) is 0 Å². The molecule has 0 radical (unpaired) electrons. The molecular formula is C14H26O9S2. The highest BCUT2D eigenvalue weighted by Gasteiger charge is 2.26. The zero-order valence-corrected chi connectivity index (χ0v) is 15.7. The molecule has 0 aliphatic carbocycles. The summed E-state index contributed by atoms with van der Waals surface area (Å²) in [5.41, 5.74) is 0. The van der Waals surface area contributed by atoms with E-state index in [0.29, 0.717) is 12.2 Å². The topological polar surface area (TPSA) is 149 Å². The second-order valence-electron chi connectivity index (χ2n) is 4.49. The van der Waals surface area contributed by atoms with Crippen LogP contribution in [-0.4, -0.2) is 89.1 Å². The second-order valence-corrected chi connectivity index (χ2v) is 5.12. The number of aliphatic hydroxyl groups excluding tert-OH is 2. The minimum absolute atomic E-state index is 0.0231. The molecule has 0 amide bonds. The molecule has 0 saturated carbocycles. The third kappa shape index (κ3) is 28.1. The average molecular weight is 402 g/mol. The molecular weight excluding hydrogens is 376 g/mol. The maximum atomic E-state index is 9.29. The van der Waals surface area contributed by atoms with Crippen molar-refractivity contribution in [3.63, 3.8) is 0 Å². The van der Waals surface area contributed by atoms with E-state index in [0.717, 1.165) is 26.4 Å². The number of carboxylic acid groups (broad SMARTS) is 2. The Morgan fingerprint density at radius 3 is 1.48 bits per heavy atom. The first kappa shape index (κ1) is 26.3. The van der Waals surface area contributed by atoms with Crippen molar-refractivity contribution in [1.82, 2.24) is 0 Å². The van der Waals surface area contributed by atoms with Gasteiger partial charge in [0.15, 0.2) is 0 Å². The third-order valence-corrected chi connectivity index (χ3v) is 2.72. The highest BCUT2D eigenvalue weighted by molar-refractivity contribution is 7.81. The van der Waals surface area contributed by atoms with Gasteiger partial charge in [0.05, 0.1) is 44.5 Å². The van der Waals surface area contributed by atoms with Gasteiger partial charge in [-0.25, -0.2) is 0 Å². The van der Waals surface area contributed by atoms with Crippen molar-refractivity contribution in [2.75, 3.05) is 44.5 Å². The molecule has 9 nitrogen and oxygen atoms in total. The monoisotopic (exact) mass is 402 g/mol. The van der Waals surface area contributed by atoms with Crippen LogP contribution in [0.25, 0.3) is 0 Å². The summed E-state index contributed by atoms with van der Waals surface area (Å²) in [5.74, 6) is -1.91. The Balaban J connectivity index is 0. The lowest BCUT2D eigenvalue weighted by Crippen LogP contribution is -2.06. The van der Waals surface area contributed by atoms with E-state index in [2.05, 4.69) is 25.3 Å². The van der Waals surface area contributed by atoms with Crippen molar-refractivity contribution >= 4 is 37.2 Å². The van der Waals surface area contributed by atoms with Gasteiger partial charge in [0.1, 0.15) is 18.0 Å². The number of hydrogen-bond donors (Lipinski definition) is 6. The molecule has 0 aromatic heterocycles. The molecule has 2 rings (SSSR count). The van der Waals surface area contributed by atoms with Crippen molar-refractivity contribution in [3.05, 3.63) is 11.8 Å². The lowest BCUT2D eigenvalue weighted by molar-refractivity contribution is -0.134. The first-order valence-corrected chi connectivity index (χ1v) is 8.48. The van der Waals surface area contributed by atoms with Crippen LogP contribution in [0.4, 0.5) is 0 Å². The summed E-state index contributed by atoms with van der Waals surface area (Å²) in [6.07, 6.45) is 2.23. The van der Waals surface area contributed by atoms with Gasteiger partial charge in [-0.05, 0) is 13.0 Å². The Hall–Kier alpha value is -0.980. The SMILES string of the molecule is C(OCC1CO1)C1CO1.CC=C(O)CO.O=C(O)CS.O=C(O)CS. The fraction of sp³-hybridized carbons (Fsp3) is 0.714. The molecule has 25 heavy (non-hydrogen) atoms. The zero-order chi connectivity index (χ0) is 19.7. The summed E-state index contributed by atoms with van der Waals surface area (Å²) < 4.78 is 15.1. The van der Waals surface area contributed by atoms with E-state index in [1.807, 2.05) is 0 Å². The normalized spacial score (nSPS) is 19.8. The molecule has 0 aromatic rings. The smallest absolute Gasteiger partial charge is 0.313 e. The predicted octanol–water partition coefficient (Wildman–Crippen LogP) is 0.243. The predicted molar refractivity (Wildman–Crippen MR) is 96.7 cm³/mol. The molecule has 4 N–H and O–H groups in total. The van der Waals surface area contributed by atoms with Crippen LogP contribution in [0.1, 0.15) is 6.92 Å². The maximum Gasteiger partial charge on any atom is 0.313 e. The van der Waals surface area contributed by atoms with E-state index in [9.17, 15) is 9.59 Å². The molecule has 2 saturated heterocycles. The largest absolute Gasteiger partial charge is 0.510 e. The molecule has 2 unspecified atom stereocenters. The van der Waals surface area contributed by atoms with Crippen LogP contribution in [0.2, 0.25) is 0 Å². The highest BCUT2D eigenvalue weighted by Crippen LogP contribution is 2.12. The van der Waals surface area contributed by atoms with E-state index in [1.54, 1.807) is 6.92 Å². The summed E-state index contributed by atoms with van der Waals surface area (Å²) >= 11 is 6.83. The zero-order valence-electron chi connectivity index (χ0n) is 13.9. The quantitative estimate of drug-likeness (QED) is 0.200. The highest BCUT2D eigenvalue weighted by atomic mass is 32.1. The van der Waals surface area contributed by atoms with Gasteiger partial charge in [-0.2, -0.15) is 25.3 Å². The van der Waals surface area contributed by atoms with Crippen LogP contribution in [-0.2, 0) is 23.8 Å². The number of aliphatic carboxylic acids is 2. The third-order valence-electron chi connectivity index (χ3n) is 2.18. The molecule has 2 aliphatic rings. The van der Waals surface area contributed by atoms with Crippen molar-refractivity contribution in [3.8, 4) is 0 Å². The van der Waals surface area contributed by atoms with Crippen LogP contribution in [0.3, 0.4) is 0 Å². The number of allylic oxidation sites excluding steroid dienone is 1. The number of thiol groups is 2. The summed E-state index contributed by atoms with van der Waals surface area (Å²) in [6.45, 7) is 4.67. The summed E-state index contributed by atoms with van der Waals surface area (Å²) in [4.78, 5) is 18.6. The molecule has 0 spiro atoms. The van der Waals surface area contributed by atoms with Gasteiger partial charge in [-0.3, -0.25) is 9.59 Å². The Kier molecular flexibility index (Phi) is 18.7. The van der Waals surface area contributed by atoms with Crippen molar-refractivity contribution in [2.24, 2.45) is 0 Å². The Labute approximate surface area is 157 Å². The number of hydrogen-bond acceptors (Lipinski definition) is 9. The van der Waals surface area contributed by atoms with Crippen LogP contribution in [0.5, 0.6) is 0 Å². The van der Waals surface area contributed by atoms with Crippen molar-refractivity contribution in [1.29, 1.82) is 0 Å². The standard InChI is InChI=1S/C6H10O3.C4H8O2.2C2H4O2S/c1(5-3-8-5)7-2-6-4-9-6;1-2-4(6)3-5;2*3-2(4)1-5/h5-6H,1-4H2;2,5-6H,3H2,1H3;2*5H,1H2,(H,3,4). The fourth-order valence-electron chi connectivity index (χ4n) is 0.751. The first-order valence-electron chi connectivity index (χ1n) is 7.21. The van der Waals surface area contributed by atoms with E-state index >= 15 is 0 Å². The Bertz CT molecular complexity index is 356. The molecule has 2 aliphatic heterocycles. The number of aliphatic hydroxyl groups is 2. The molecule has 11 heteroatoms. The van der Waals surface area contributed by atoms with E-state index in [1.165, 1.54) is 6.08 Å². The Morgan fingerprint density at radius 1 is 1.04 bits per heavy atom. The minimum Gasteiger partial charge on any atom is -0.510 e. The average Bonchev–Trinajstić information content (AvgIpc) is 3.51. The van der Waals surface area contributed by atoms with Gasteiger partial charge in [0.25, 0.3) is 0 Å². The maximum absolute atomic E-state index is 9.29. The van der Waals surface area contributed by atoms with Crippen molar-refractivity contribution < 1.29 is 44.2 Å². The van der Waals surface area contributed by atoms with Crippen molar-refractivity contribution in [2.45, 2.75) is 19.1 Å². The number of epoxide rings is 2. The molecule has 0 aromatic carbocycles. The van der Waals surface area contributed by atoms with Crippen LogP contribution in [0.15, 0.2) is 11.8 Å². The van der Waals surface area contributed by atoms with Gasteiger partial charge >= 0.3 is 11.9 Å². The fourth-order valence-corrected chi connectivity index (χ4v) is 0.751. The lowest BCUT2D eigenvalue weighted by Gasteiger charge is -1.95. The van der Waals surface area contributed by atoms with Gasteiger partial charge in [0.2, 0.25) is 0 Å². The van der Waals surface area contributed by atoms with Crippen LogP contribution >= 0.6 is 25.3 Å². The molecule has 148 valence electrons. The summed E-state index contributed by atoms with van der Waals surface area (Å²) in [6, 6.07) is 0. The number of rotatable bonds is 7. The first-order chi connectivity index (χ1) is 11.8. The second kappa shape index (κ2) is 17.8. The number of carbonyl (C=O) groups is 2. The molecule has 2 heterocycles. The summed E-state index contributed by atoms with van der Waals surface area (Å²) in [7, 11) is 0. The number of ether oxygens (including phenoxy) is 3. The Morgan fingerprint density at radius 2 is 1.36 bits per heavy atom. The molecule has 2 fully saturated rings.